The van der Waals surface area contributed by atoms with Gasteiger partial charge in [-0.3, -0.25) is 9.98 Å². The van der Waals surface area contributed by atoms with E-state index in [-0.39, 0.29) is 0 Å². The number of aliphatic imine (C=N–C) groups is 1. The van der Waals surface area contributed by atoms with E-state index in [4.69, 9.17) is 0 Å². The Morgan fingerprint density at radius 1 is 1.20 bits per heavy atom. The summed E-state index contributed by atoms with van der Waals surface area (Å²) in [5, 5.41) is 2.09. The van der Waals surface area contributed by atoms with Gasteiger partial charge >= 0.3 is 0 Å². The number of nitrogens with zero attached hydrogens (tertiary/aromatic N) is 3. The Morgan fingerprint density at radius 2 is 2.20 bits per heavy atom. The summed E-state index contributed by atoms with van der Waals surface area (Å²) in [7, 11) is 0. The number of allylic oxidation sites excluding steroid dienone is 1. The fourth-order valence-electron chi connectivity index (χ4n) is 1.70. The zero-order valence-corrected chi connectivity index (χ0v) is 8.04. The third-order valence-corrected chi connectivity index (χ3v) is 2.40. The summed E-state index contributed by atoms with van der Waals surface area (Å²) >= 11 is 0. The van der Waals surface area contributed by atoms with E-state index in [0.29, 0.717) is 0 Å². The van der Waals surface area contributed by atoms with Gasteiger partial charge in [-0.05, 0) is 24.3 Å². The zero-order valence-electron chi connectivity index (χ0n) is 8.04. The normalized spacial score (nSPS) is 16.8. The standard InChI is InChI=1S/C12H9N3/c1-3-10-11(14-5-1)4-2-7-15-8-6-13-9-12(10)15/h1-9H. The molecule has 3 nitrogen and oxygen atoms in total. The van der Waals surface area contributed by atoms with Crippen molar-refractivity contribution in [3.63, 3.8) is 0 Å². The first-order valence-corrected chi connectivity index (χ1v) is 4.77. The van der Waals surface area contributed by atoms with Crippen molar-refractivity contribution in [3.05, 3.63) is 53.6 Å². The van der Waals surface area contributed by atoms with Crippen LogP contribution in [0.1, 0.15) is 0 Å². The molecule has 0 fully saturated rings. The monoisotopic (exact) mass is 195 g/mol. The van der Waals surface area contributed by atoms with Crippen molar-refractivity contribution in [2.24, 2.45) is 4.99 Å². The summed E-state index contributed by atoms with van der Waals surface area (Å²) in [6, 6.07) is 3.99. The fraction of sp³-hybridized carbons (Fsp3) is 0. The van der Waals surface area contributed by atoms with Crippen molar-refractivity contribution in [2.45, 2.75) is 0 Å². The topological polar surface area (TPSA) is 28.5 Å². The lowest BCUT2D eigenvalue weighted by atomic mass is 10.2. The molecule has 0 saturated heterocycles. The van der Waals surface area contributed by atoms with Gasteiger partial charge in [-0.25, -0.2) is 0 Å². The van der Waals surface area contributed by atoms with Crippen molar-refractivity contribution in [2.75, 3.05) is 0 Å². The number of fused-ring (bicyclic) bond motifs is 2. The Bertz CT molecular complexity index is 594. The molecule has 0 saturated carbocycles. The SMILES string of the molecule is C1=CN2C=CN=CC2=c2cccnc2=C1. The van der Waals surface area contributed by atoms with Crippen molar-refractivity contribution >= 4 is 18.0 Å². The third kappa shape index (κ3) is 1.29. The zero-order chi connectivity index (χ0) is 10.1. The van der Waals surface area contributed by atoms with Crippen LogP contribution in [0.4, 0.5) is 0 Å². The highest BCUT2D eigenvalue weighted by molar-refractivity contribution is 6.02. The van der Waals surface area contributed by atoms with Crippen LogP contribution in [0.25, 0.3) is 11.8 Å². The summed E-state index contributed by atoms with van der Waals surface area (Å²) in [5.41, 5.74) is 1.06. The number of aromatic nitrogens is 1. The Hall–Kier alpha value is -2.16. The summed E-state index contributed by atoms with van der Waals surface area (Å²) in [6.07, 6.45) is 13.3. The highest BCUT2D eigenvalue weighted by Crippen LogP contribution is 2.08. The highest BCUT2D eigenvalue weighted by atomic mass is 15.1. The van der Waals surface area contributed by atoms with Crippen LogP contribution >= 0.6 is 0 Å². The first-order chi connectivity index (χ1) is 7.45. The average Bonchev–Trinajstić information content (AvgIpc) is 2.48. The van der Waals surface area contributed by atoms with E-state index in [0.717, 1.165) is 16.3 Å². The van der Waals surface area contributed by atoms with Crippen LogP contribution in [0, 0.1) is 0 Å². The lowest BCUT2D eigenvalue weighted by Crippen LogP contribution is -2.33. The predicted molar refractivity (Wildman–Crippen MR) is 60.0 cm³/mol. The largest absolute Gasteiger partial charge is 0.320 e. The van der Waals surface area contributed by atoms with Crippen molar-refractivity contribution < 1.29 is 0 Å². The van der Waals surface area contributed by atoms with Gasteiger partial charge in [0.15, 0.2) is 0 Å². The van der Waals surface area contributed by atoms with Gasteiger partial charge in [0.25, 0.3) is 0 Å². The minimum atomic E-state index is 0.980. The molecule has 2 aliphatic rings. The number of rotatable bonds is 0. The fourth-order valence-corrected chi connectivity index (χ4v) is 1.70. The van der Waals surface area contributed by atoms with Gasteiger partial charge in [-0.1, -0.05) is 0 Å². The van der Waals surface area contributed by atoms with Crippen LogP contribution in [0.3, 0.4) is 0 Å². The maximum atomic E-state index is 4.33. The van der Waals surface area contributed by atoms with E-state index < -0.39 is 0 Å². The summed E-state index contributed by atoms with van der Waals surface area (Å²) in [4.78, 5) is 10.5. The van der Waals surface area contributed by atoms with Crippen LogP contribution in [-0.4, -0.2) is 16.1 Å². The highest BCUT2D eigenvalue weighted by Gasteiger charge is 2.07. The first-order valence-electron chi connectivity index (χ1n) is 4.77. The molecule has 0 unspecified atom stereocenters. The molecule has 3 rings (SSSR count). The molecule has 15 heavy (non-hydrogen) atoms. The van der Waals surface area contributed by atoms with Gasteiger partial charge in [-0.2, -0.15) is 0 Å². The van der Waals surface area contributed by atoms with Gasteiger partial charge in [0.05, 0.1) is 17.3 Å². The van der Waals surface area contributed by atoms with Crippen LogP contribution in [0.5, 0.6) is 0 Å². The maximum absolute atomic E-state index is 4.33. The summed E-state index contributed by atoms with van der Waals surface area (Å²) in [5.74, 6) is 0. The van der Waals surface area contributed by atoms with E-state index in [9.17, 15) is 0 Å². The molecule has 0 amide bonds. The average molecular weight is 195 g/mol. The van der Waals surface area contributed by atoms with Gasteiger partial charge < -0.3 is 4.90 Å². The molecular weight excluding hydrogens is 186 g/mol. The molecule has 1 aromatic heterocycles. The lowest BCUT2D eigenvalue weighted by Gasteiger charge is -2.17. The smallest absolute Gasteiger partial charge is 0.0728 e. The number of pyridine rings is 1. The molecule has 72 valence electrons. The van der Waals surface area contributed by atoms with Gasteiger partial charge in [0.2, 0.25) is 0 Å². The van der Waals surface area contributed by atoms with Gasteiger partial charge in [0, 0.05) is 30.0 Å². The van der Waals surface area contributed by atoms with Crippen LogP contribution < -0.4 is 10.6 Å². The molecule has 0 spiro atoms. The summed E-state index contributed by atoms with van der Waals surface area (Å²) in [6.45, 7) is 0. The Morgan fingerprint density at radius 3 is 3.20 bits per heavy atom. The van der Waals surface area contributed by atoms with Crippen LogP contribution in [0.15, 0.2) is 48.0 Å². The van der Waals surface area contributed by atoms with Crippen LogP contribution in [0.2, 0.25) is 0 Å². The van der Waals surface area contributed by atoms with Gasteiger partial charge in [-0.15, -0.1) is 0 Å². The van der Waals surface area contributed by atoms with Crippen molar-refractivity contribution in [1.29, 1.82) is 0 Å². The molecule has 3 heterocycles. The molecule has 0 aliphatic carbocycles. The second kappa shape index (κ2) is 3.20. The third-order valence-electron chi connectivity index (χ3n) is 2.40. The second-order valence-electron chi connectivity index (χ2n) is 3.31. The Labute approximate surface area is 87.1 Å². The minimum Gasteiger partial charge on any atom is -0.320 e. The molecule has 0 bridgehead atoms. The van der Waals surface area contributed by atoms with E-state index in [1.165, 1.54) is 0 Å². The molecule has 0 aromatic carbocycles. The molecule has 0 atom stereocenters. The molecule has 2 aliphatic heterocycles. The van der Waals surface area contributed by atoms with Crippen LogP contribution in [-0.2, 0) is 0 Å². The second-order valence-corrected chi connectivity index (χ2v) is 3.31. The van der Waals surface area contributed by atoms with Gasteiger partial charge in [0.1, 0.15) is 0 Å². The molecular formula is C12H9N3. The molecule has 0 N–H and O–H groups in total. The van der Waals surface area contributed by atoms with E-state index >= 15 is 0 Å². The molecule has 1 aromatic rings. The predicted octanol–water partition coefficient (Wildman–Crippen LogP) is 0.355. The quantitative estimate of drug-likeness (QED) is 0.598. The lowest BCUT2D eigenvalue weighted by molar-refractivity contribution is 0.726. The Balaban J connectivity index is 2.43. The molecule has 0 radical (unpaired) electrons. The van der Waals surface area contributed by atoms with E-state index in [1.807, 2.05) is 41.7 Å². The maximum Gasteiger partial charge on any atom is 0.0728 e. The molecule has 3 heteroatoms. The number of hydrogen-bond acceptors (Lipinski definition) is 3. The van der Waals surface area contributed by atoms with Crippen molar-refractivity contribution in [3.8, 4) is 0 Å². The van der Waals surface area contributed by atoms with E-state index in [1.54, 1.807) is 12.4 Å². The summed E-state index contributed by atoms with van der Waals surface area (Å²) < 4.78 is 0. The first kappa shape index (κ1) is 8.17. The Kier molecular flexibility index (Phi) is 1.75. The number of hydrogen-bond donors (Lipinski definition) is 0. The van der Waals surface area contributed by atoms with E-state index in [2.05, 4.69) is 16.0 Å². The minimum absolute atomic E-state index is 0.980. The van der Waals surface area contributed by atoms with Crippen molar-refractivity contribution in [1.82, 2.24) is 9.88 Å².